The molecule has 2 aromatic rings. The van der Waals surface area contributed by atoms with Crippen molar-refractivity contribution >= 4 is 15.9 Å². The number of hydrogen-bond donors (Lipinski definition) is 1. The second-order valence-corrected chi connectivity index (χ2v) is 6.04. The van der Waals surface area contributed by atoms with Gasteiger partial charge in [-0.25, -0.2) is 0 Å². The van der Waals surface area contributed by atoms with Crippen LogP contribution in [0.1, 0.15) is 18.4 Å². The summed E-state index contributed by atoms with van der Waals surface area (Å²) < 4.78 is 12.1. The van der Waals surface area contributed by atoms with Gasteiger partial charge in [0.1, 0.15) is 17.2 Å². The standard InChI is InChI=1S/C17H18BrNO2/c1-20-14-3-2-4-15(9-14)21-16-8-5-12(17(18)10-16)11-19-13-6-7-13/h2-5,8-10,13,19H,6-7,11H2,1H3. The van der Waals surface area contributed by atoms with Crippen LogP contribution in [0.25, 0.3) is 0 Å². The van der Waals surface area contributed by atoms with Crippen LogP contribution in [0.5, 0.6) is 17.2 Å². The number of nitrogens with one attached hydrogen (secondary N) is 1. The molecule has 0 amide bonds. The Morgan fingerprint density at radius 3 is 2.57 bits per heavy atom. The highest BCUT2D eigenvalue weighted by molar-refractivity contribution is 9.10. The van der Waals surface area contributed by atoms with Crippen LogP contribution in [-0.2, 0) is 6.54 Å². The molecule has 0 radical (unpaired) electrons. The van der Waals surface area contributed by atoms with Crippen LogP contribution in [0.2, 0.25) is 0 Å². The Bertz CT molecular complexity index is 626. The Labute approximate surface area is 133 Å². The SMILES string of the molecule is COc1cccc(Oc2ccc(CNC3CC3)c(Br)c2)c1. The van der Waals surface area contributed by atoms with E-state index in [-0.39, 0.29) is 0 Å². The number of methoxy groups -OCH3 is 1. The summed E-state index contributed by atoms with van der Waals surface area (Å²) in [5.41, 5.74) is 1.25. The highest BCUT2D eigenvalue weighted by Crippen LogP contribution is 2.29. The molecule has 1 saturated carbocycles. The van der Waals surface area contributed by atoms with E-state index in [4.69, 9.17) is 9.47 Å². The fraction of sp³-hybridized carbons (Fsp3) is 0.294. The van der Waals surface area contributed by atoms with E-state index in [2.05, 4.69) is 27.3 Å². The van der Waals surface area contributed by atoms with Gasteiger partial charge in [-0.05, 0) is 42.7 Å². The van der Waals surface area contributed by atoms with Gasteiger partial charge >= 0.3 is 0 Å². The fourth-order valence-corrected chi connectivity index (χ4v) is 2.58. The lowest BCUT2D eigenvalue weighted by atomic mass is 10.2. The molecule has 3 nitrogen and oxygen atoms in total. The van der Waals surface area contributed by atoms with Gasteiger partial charge in [-0.15, -0.1) is 0 Å². The number of halogens is 1. The molecule has 0 heterocycles. The molecule has 3 rings (SSSR count). The maximum Gasteiger partial charge on any atom is 0.131 e. The van der Waals surface area contributed by atoms with Crippen LogP contribution in [0.3, 0.4) is 0 Å². The summed E-state index contributed by atoms with van der Waals surface area (Å²) in [7, 11) is 1.65. The Kier molecular flexibility index (Phi) is 4.46. The third-order valence-electron chi connectivity index (χ3n) is 3.46. The van der Waals surface area contributed by atoms with Gasteiger partial charge in [-0.3, -0.25) is 0 Å². The molecule has 1 N–H and O–H groups in total. The first-order valence-corrected chi connectivity index (χ1v) is 7.87. The van der Waals surface area contributed by atoms with Crippen LogP contribution < -0.4 is 14.8 Å². The zero-order valence-electron chi connectivity index (χ0n) is 11.9. The molecule has 0 unspecified atom stereocenters. The van der Waals surface area contributed by atoms with Gasteiger partial charge in [0.2, 0.25) is 0 Å². The monoisotopic (exact) mass is 347 g/mol. The normalized spacial score (nSPS) is 14.0. The van der Waals surface area contributed by atoms with Crippen molar-refractivity contribution in [2.24, 2.45) is 0 Å². The van der Waals surface area contributed by atoms with E-state index in [0.717, 1.165) is 28.3 Å². The van der Waals surface area contributed by atoms with Crippen molar-refractivity contribution in [2.45, 2.75) is 25.4 Å². The van der Waals surface area contributed by atoms with Gasteiger partial charge in [0.25, 0.3) is 0 Å². The first kappa shape index (κ1) is 14.4. The average Bonchev–Trinajstić information content (AvgIpc) is 3.31. The Morgan fingerprint density at radius 1 is 1.10 bits per heavy atom. The van der Waals surface area contributed by atoms with Crippen molar-refractivity contribution in [3.63, 3.8) is 0 Å². The van der Waals surface area contributed by atoms with Crippen LogP contribution in [-0.4, -0.2) is 13.2 Å². The molecule has 2 aromatic carbocycles. The summed E-state index contributed by atoms with van der Waals surface area (Å²) in [6.45, 7) is 0.894. The fourth-order valence-electron chi connectivity index (χ4n) is 2.08. The number of rotatable bonds is 6. The van der Waals surface area contributed by atoms with Crippen LogP contribution in [0.4, 0.5) is 0 Å². The Balaban J connectivity index is 1.68. The zero-order valence-corrected chi connectivity index (χ0v) is 13.5. The minimum Gasteiger partial charge on any atom is -0.497 e. The first-order chi connectivity index (χ1) is 10.2. The van der Waals surface area contributed by atoms with Crippen molar-refractivity contribution in [1.82, 2.24) is 5.32 Å². The smallest absolute Gasteiger partial charge is 0.131 e. The van der Waals surface area contributed by atoms with E-state index in [1.54, 1.807) is 7.11 Å². The van der Waals surface area contributed by atoms with E-state index < -0.39 is 0 Å². The molecule has 1 aliphatic rings. The molecule has 0 aromatic heterocycles. The predicted octanol–water partition coefficient (Wildman–Crippen LogP) is 4.50. The summed E-state index contributed by atoms with van der Waals surface area (Å²) >= 11 is 3.61. The van der Waals surface area contributed by atoms with Crippen LogP contribution in [0, 0.1) is 0 Å². The van der Waals surface area contributed by atoms with Crippen molar-refractivity contribution in [3.05, 3.63) is 52.5 Å². The van der Waals surface area contributed by atoms with Gasteiger partial charge < -0.3 is 14.8 Å². The summed E-state index contributed by atoms with van der Waals surface area (Å²) in [5, 5.41) is 3.51. The topological polar surface area (TPSA) is 30.5 Å². The quantitative estimate of drug-likeness (QED) is 0.834. The number of benzene rings is 2. The Morgan fingerprint density at radius 2 is 1.86 bits per heavy atom. The molecule has 1 fully saturated rings. The molecule has 0 spiro atoms. The molecular weight excluding hydrogens is 330 g/mol. The molecule has 0 bridgehead atoms. The minimum atomic E-state index is 0.713. The van der Waals surface area contributed by atoms with Crippen molar-refractivity contribution in [3.8, 4) is 17.2 Å². The first-order valence-electron chi connectivity index (χ1n) is 7.08. The van der Waals surface area contributed by atoms with Crippen molar-refractivity contribution in [1.29, 1.82) is 0 Å². The predicted molar refractivity (Wildman–Crippen MR) is 87.1 cm³/mol. The highest BCUT2D eigenvalue weighted by atomic mass is 79.9. The summed E-state index contributed by atoms with van der Waals surface area (Å²) in [5.74, 6) is 2.37. The molecule has 0 aliphatic heterocycles. The molecule has 0 saturated heterocycles. The molecular formula is C17H18BrNO2. The minimum absolute atomic E-state index is 0.713. The van der Waals surface area contributed by atoms with Crippen molar-refractivity contribution in [2.75, 3.05) is 7.11 Å². The van der Waals surface area contributed by atoms with Crippen LogP contribution in [0.15, 0.2) is 46.9 Å². The second kappa shape index (κ2) is 6.50. The number of ether oxygens (including phenoxy) is 2. The van der Waals surface area contributed by atoms with Gasteiger partial charge in [-0.1, -0.05) is 28.1 Å². The van der Waals surface area contributed by atoms with Gasteiger partial charge in [0.05, 0.1) is 7.11 Å². The number of hydrogen-bond acceptors (Lipinski definition) is 3. The third kappa shape index (κ3) is 3.99. The van der Waals surface area contributed by atoms with E-state index >= 15 is 0 Å². The lowest BCUT2D eigenvalue weighted by Gasteiger charge is -2.10. The molecule has 4 heteroatoms. The zero-order chi connectivity index (χ0) is 14.7. The lowest BCUT2D eigenvalue weighted by molar-refractivity contribution is 0.409. The maximum atomic E-state index is 5.86. The Hall–Kier alpha value is -1.52. The van der Waals surface area contributed by atoms with E-state index in [1.165, 1.54) is 18.4 Å². The van der Waals surface area contributed by atoms with E-state index in [9.17, 15) is 0 Å². The summed E-state index contributed by atoms with van der Waals surface area (Å²) in [6.07, 6.45) is 2.60. The molecule has 1 aliphatic carbocycles. The van der Waals surface area contributed by atoms with Crippen molar-refractivity contribution < 1.29 is 9.47 Å². The van der Waals surface area contributed by atoms with E-state index in [0.29, 0.717) is 6.04 Å². The maximum absolute atomic E-state index is 5.86. The third-order valence-corrected chi connectivity index (χ3v) is 4.20. The summed E-state index contributed by atoms with van der Waals surface area (Å²) in [4.78, 5) is 0. The summed E-state index contributed by atoms with van der Waals surface area (Å²) in [6, 6.07) is 14.4. The molecule has 110 valence electrons. The molecule has 0 atom stereocenters. The van der Waals surface area contributed by atoms with Gasteiger partial charge in [0, 0.05) is 23.1 Å². The average molecular weight is 348 g/mol. The largest absolute Gasteiger partial charge is 0.497 e. The highest BCUT2D eigenvalue weighted by Gasteiger charge is 2.20. The molecule has 21 heavy (non-hydrogen) atoms. The second-order valence-electron chi connectivity index (χ2n) is 5.19. The van der Waals surface area contributed by atoms with Gasteiger partial charge in [-0.2, -0.15) is 0 Å². The lowest BCUT2D eigenvalue weighted by Crippen LogP contribution is -2.15. The van der Waals surface area contributed by atoms with Crippen LogP contribution >= 0.6 is 15.9 Å². The van der Waals surface area contributed by atoms with Gasteiger partial charge in [0.15, 0.2) is 0 Å². The van der Waals surface area contributed by atoms with E-state index in [1.807, 2.05) is 36.4 Å².